The highest BCUT2D eigenvalue weighted by Crippen LogP contribution is 2.36. The summed E-state index contributed by atoms with van der Waals surface area (Å²) in [6.45, 7) is 2.24. The summed E-state index contributed by atoms with van der Waals surface area (Å²) in [6.07, 6.45) is 15.6. The largest absolute Gasteiger partial charge is 0.0808 e. The SMILES string of the molecule is CCC1=CCC(CCC2CC2)C=C1. The van der Waals surface area contributed by atoms with Crippen molar-refractivity contribution in [2.45, 2.75) is 45.4 Å². The average molecular weight is 176 g/mol. The van der Waals surface area contributed by atoms with E-state index in [9.17, 15) is 0 Å². The molecule has 0 heteroatoms. The van der Waals surface area contributed by atoms with Gasteiger partial charge in [0.1, 0.15) is 0 Å². The van der Waals surface area contributed by atoms with Crippen molar-refractivity contribution >= 4 is 0 Å². The fourth-order valence-corrected chi connectivity index (χ4v) is 2.04. The van der Waals surface area contributed by atoms with Gasteiger partial charge in [-0.2, -0.15) is 0 Å². The van der Waals surface area contributed by atoms with Gasteiger partial charge in [-0.1, -0.05) is 43.6 Å². The molecule has 0 saturated heterocycles. The summed E-state index contributed by atoms with van der Waals surface area (Å²) < 4.78 is 0. The molecule has 0 aromatic heterocycles. The lowest BCUT2D eigenvalue weighted by atomic mass is 9.91. The van der Waals surface area contributed by atoms with E-state index in [4.69, 9.17) is 0 Å². The number of hydrogen-bond acceptors (Lipinski definition) is 0. The van der Waals surface area contributed by atoms with E-state index in [-0.39, 0.29) is 0 Å². The van der Waals surface area contributed by atoms with E-state index in [1.54, 1.807) is 0 Å². The van der Waals surface area contributed by atoms with Crippen LogP contribution in [0.1, 0.15) is 45.4 Å². The molecule has 0 heterocycles. The molecule has 0 amide bonds. The standard InChI is InChI=1S/C13H20/c1-2-11-3-5-12(6-4-11)7-8-13-9-10-13/h3-5,12-13H,2,6-10H2,1H3. The van der Waals surface area contributed by atoms with Crippen molar-refractivity contribution < 1.29 is 0 Å². The van der Waals surface area contributed by atoms with E-state index in [0.29, 0.717) is 0 Å². The Balaban J connectivity index is 1.71. The normalized spacial score (nSPS) is 27.5. The molecule has 2 rings (SSSR count). The topological polar surface area (TPSA) is 0 Å². The van der Waals surface area contributed by atoms with Gasteiger partial charge < -0.3 is 0 Å². The molecule has 0 bridgehead atoms. The zero-order valence-electron chi connectivity index (χ0n) is 8.63. The summed E-state index contributed by atoms with van der Waals surface area (Å²) >= 11 is 0. The van der Waals surface area contributed by atoms with Gasteiger partial charge in [0, 0.05) is 0 Å². The molecule has 2 aliphatic carbocycles. The van der Waals surface area contributed by atoms with Gasteiger partial charge >= 0.3 is 0 Å². The molecule has 72 valence electrons. The number of rotatable bonds is 4. The maximum absolute atomic E-state index is 2.43. The quantitative estimate of drug-likeness (QED) is 0.605. The van der Waals surface area contributed by atoms with Crippen LogP contribution in [0.25, 0.3) is 0 Å². The third-order valence-corrected chi connectivity index (χ3v) is 3.32. The number of hydrogen-bond donors (Lipinski definition) is 0. The van der Waals surface area contributed by atoms with Crippen molar-refractivity contribution in [3.63, 3.8) is 0 Å². The summed E-state index contributed by atoms with van der Waals surface area (Å²) in [5, 5.41) is 0. The second-order valence-corrected chi connectivity index (χ2v) is 4.51. The first-order valence-corrected chi connectivity index (χ1v) is 5.75. The predicted octanol–water partition coefficient (Wildman–Crippen LogP) is 4.09. The highest BCUT2D eigenvalue weighted by Gasteiger charge is 2.21. The zero-order chi connectivity index (χ0) is 9.10. The van der Waals surface area contributed by atoms with E-state index < -0.39 is 0 Å². The van der Waals surface area contributed by atoms with Gasteiger partial charge in [-0.15, -0.1) is 0 Å². The zero-order valence-corrected chi connectivity index (χ0v) is 8.63. The second kappa shape index (κ2) is 4.13. The lowest BCUT2D eigenvalue weighted by Gasteiger charge is -2.15. The Hall–Kier alpha value is -0.520. The third-order valence-electron chi connectivity index (χ3n) is 3.32. The minimum absolute atomic E-state index is 0.857. The van der Waals surface area contributed by atoms with Crippen molar-refractivity contribution in [1.82, 2.24) is 0 Å². The van der Waals surface area contributed by atoms with Crippen LogP contribution in [0.5, 0.6) is 0 Å². The van der Waals surface area contributed by atoms with Gasteiger partial charge in [0.25, 0.3) is 0 Å². The highest BCUT2D eigenvalue weighted by molar-refractivity contribution is 5.23. The fraction of sp³-hybridized carbons (Fsp3) is 0.692. The molecule has 1 atom stereocenters. The van der Waals surface area contributed by atoms with Crippen LogP contribution in [0.2, 0.25) is 0 Å². The van der Waals surface area contributed by atoms with Gasteiger partial charge in [0.15, 0.2) is 0 Å². The van der Waals surface area contributed by atoms with Gasteiger partial charge in [-0.25, -0.2) is 0 Å². The maximum Gasteiger partial charge on any atom is -0.0195 e. The van der Waals surface area contributed by atoms with E-state index in [0.717, 1.165) is 11.8 Å². The molecular formula is C13H20. The Kier molecular flexibility index (Phi) is 2.87. The molecule has 0 radical (unpaired) electrons. The van der Waals surface area contributed by atoms with Crippen LogP contribution in [0.15, 0.2) is 23.8 Å². The van der Waals surface area contributed by atoms with Crippen molar-refractivity contribution in [3.8, 4) is 0 Å². The first kappa shape index (κ1) is 9.05. The van der Waals surface area contributed by atoms with Gasteiger partial charge in [0.05, 0.1) is 0 Å². The predicted molar refractivity (Wildman–Crippen MR) is 57.6 cm³/mol. The van der Waals surface area contributed by atoms with Crippen LogP contribution in [-0.2, 0) is 0 Å². The highest BCUT2D eigenvalue weighted by atomic mass is 14.3. The molecule has 0 aliphatic heterocycles. The van der Waals surface area contributed by atoms with E-state index in [1.807, 2.05) is 0 Å². The Bertz CT molecular complexity index is 218. The number of allylic oxidation sites excluding steroid dienone is 4. The Morgan fingerprint density at radius 1 is 1.31 bits per heavy atom. The molecule has 1 fully saturated rings. The maximum atomic E-state index is 2.43. The van der Waals surface area contributed by atoms with Gasteiger partial charge in [-0.3, -0.25) is 0 Å². The van der Waals surface area contributed by atoms with E-state index >= 15 is 0 Å². The Morgan fingerprint density at radius 3 is 2.69 bits per heavy atom. The molecule has 1 unspecified atom stereocenters. The van der Waals surface area contributed by atoms with Crippen molar-refractivity contribution in [3.05, 3.63) is 23.8 Å². The van der Waals surface area contributed by atoms with Crippen LogP contribution in [0.4, 0.5) is 0 Å². The average Bonchev–Trinajstić information content (AvgIpc) is 2.99. The molecule has 0 N–H and O–H groups in total. The summed E-state index contributed by atoms with van der Waals surface area (Å²) in [6, 6.07) is 0. The first-order chi connectivity index (χ1) is 6.38. The Labute approximate surface area is 81.7 Å². The minimum Gasteiger partial charge on any atom is -0.0808 e. The summed E-state index contributed by atoms with van der Waals surface area (Å²) in [7, 11) is 0. The summed E-state index contributed by atoms with van der Waals surface area (Å²) in [5.41, 5.74) is 1.53. The lowest BCUT2D eigenvalue weighted by molar-refractivity contribution is 0.533. The summed E-state index contributed by atoms with van der Waals surface area (Å²) in [4.78, 5) is 0. The lowest BCUT2D eigenvalue weighted by Crippen LogP contribution is -2.00. The van der Waals surface area contributed by atoms with Crippen molar-refractivity contribution in [2.24, 2.45) is 11.8 Å². The first-order valence-electron chi connectivity index (χ1n) is 5.75. The molecule has 0 aromatic carbocycles. The Morgan fingerprint density at radius 2 is 2.15 bits per heavy atom. The smallest absolute Gasteiger partial charge is 0.0195 e. The minimum atomic E-state index is 0.857. The van der Waals surface area contributed by atoms with Crippen molar-refractivity contribution in [2.75, 3.05) is 0 Å². The summed E-state index contributed by atoms with van der Waals surface area (Å²) in [5.74, 6) is 1.96. The molecule has 2 aliphatic rings. The van der Waals surface area contributed by atoms with Gasteiger partial charge in [-0.05, 0) is 37.5 Å². The van der Waals surface area contributed by atoms with Crippen LogP contribution >= 0.6 is 0 Å². The molecule has 0 aromatic rings. The molecule has 1 saturated carbocycles. The van der Waals surface area contributed by atoms with Crippen LogP contribution in [-0.4, -0.2) is 0 Å². The molecular weight excluding hydrogens is 156 g/mol. The van der Waals surface area contributed by atoms with E-state index in [1.165, 1.54) is 44.1 Å². The van der Waals surface area contributed by atoms with Crippen LogP contribution < -0.4 is 0 Å². The second-order valence-electron chi connectivity index (χ2n) is 4.51. The van der Waals surface area contributed by atoms with Crippen LogP contribution in [0, 0.1) is 11.8 Å². The van der Waals surface area contributed by atoms with E-state index in [2.05, 4.69) is 25.2 Å². The van der Waals surface area contributed by atoms with Crippen molar-refractivity contribution in [1.29, 1.82) is 0 Å². The van der Waals surface area contributed by atoms with Gasteiger partial charge in [0.2, 0.25) is 0 Å². The van der Waals surface area contributed by atoms with Crippen LogP contribution in [0.3, 0.4) is 0 Å². The fourth-order valence-electron chi connectivity index (χ4n) is 2.04. The molecule has 13 heavy (non-hydrogen) atoms. The monoisotopic (exact) mass is 176 g/mol. The molecule has 0 nitrogen and oxygen atoms in total. The third kappa shape index (κ3) is 2.72. The molecule has 0 spiro atoms.